The number of nitrogens with zero attached hydrogens (tertiary/aromatic N) is 3. The van der Waals surface area contributed by atoms with Gasteiger partial charge in [-0.15, -0.1) is 0 Å². The molecule has 2 heterocycles. The maximum absolute atomic E-state index is 12.6. The van der Waals surface area contributed by atoms with Gasteiger partial charge in [-0.1, -0.05) is 30.3 Å². The van der Waals surface area contributed by atoms with Gasteiger partial charge in [0.1, 0.15) is 12.1 Å². The van der Waals surface area contributed by atoms with Crippen LogP contribution in [0.4, 0.5) is 0 Å². The summed E-state index contributed by atoms with van der Waals surface area (Å²) in [5.74, 6) is -0.00714. The Labute approximate surface area is 141 Å². The summed E-state index contributed by atoms with van der Waals surface area (Å²) in [5, 5.41) is 14.1. The summed E-state index contributed by atoms with van der Waals surface area (Å²) in [6.45, 7) is 3.39. The average Bonchev–Trinajstić information content (AvgIpc) is 3.01. The van der Waals surface area contributed by atoms with Crippen molar-refractivity contribution in [2.75, 3.05) is 26.3 Å². The molecular formula is C18H23N3O3. The molecule has 1 aliphatic heterocycles. The number of benzene rings is 1. The summed E-state index contributed by atoms with van der Waals surface area (Å²) in [6, 6.07) is 9.90. The van der Waals surface area contributed by atoms with E-state index in [1.807, 2.05) is 43.5 Å². The van der Waals surface area contributed by atoms with Gasteiger partial charge < -0.3 is 14.7 Å². The van der Waals surface area contributed by atoms with Crippen LogP contribution >= 0.6 is 0 Å². The highest BCUT2D eigenvalue weighted by Crippen LogP contribution is 2.23. The highest BCUT2D eigenvalue weighted by atomic mass is 16.5. The molecule has 0 spiro atoms. The number of hydrogen-bond donors (Lipinski definition) is 1. The van der Waals surface area contributed by atoms with Crippen LogP contribution in [0.15, 0.2) is 42.7 Å². The smallest absolute Gasteiger partial charge is 0.244 e. The van der Waals surface area contributed by atoms with Crippen molar-refractivity contribution in [2.24, 2.45) is 0 Å². The third-order valence-electron chi connectivity index (χ3n) is 4.32. The maximum Gasteiger partial charge on any atom is 0.244 e. The quantitative estimate of drug-likeness (QED) is 0.889. The number of carbonyl (C=O) groups excluding carboxylic acids is 1. The Morgan fingerprint density at radius 2 is 2.17 bits per heavy atom. The van der Waals surface area contributed by atoms with Crippen LogP contribution < -0.4 is 0 Å². The van der Waals surface area contributed by atoms with E-state index in [2.05, 4.69) is 5.10 Å². The molecule has 1 aliphatic rings. The van der Waals surface area contributed by atoms with Gasteiger partial charge in [0.25, 0.3) is 0 Å². The van der Waals surface area contributed by atoms with E-state index in [9.17, 15) is 9.90 Å². The molecule has 0 radical (unpaired) electrons. The number of carbonyl (C=O) groups is 1. The standard InChI is InChI=1S/C18H23N3O3/c1-15-10-19-21(11-15)12-17(23)20-7-8-24-18(13-20,14-22)9-16-5-3-2-4-6-16/h2-6,10-11,22H,7-9,12-14H2,1H3/t18-/m0/s1. The van der Waals surface area contributed by atoms with Gasteiger partial charge in [-0.05, 0) is 18.1 Å². The topological polar surface area (TPSA) is 67.6 Å². The van der Waals surface area contributed by atoms with Crippen LogP contribution in [-0.2, 0) is 22.5 Å². The van der Waals surface area contributed by atoms with E-state index in [0.29, 0.717) is 26.1 Å². The van der Waals surface area contributed by atoms with Gasteiger partial charge in [0.15, 0.2) is 0 Å². The molecule has 1 fully saturated rings. The minimum atomic E-state index is -0.741. The summed E-state index contributed by atoms with van der Waals surface area (Å²) < 4.78 is 7.53. The van der Waals surface area contributed by atoms with Crippen LogP contribution in [0.3, 0.4) is 0 Å². The van der Waals surface area contributed by atoms with E-state index in [-0.39, 0.29) is 19.1 Å². The van der Waals surface area contributed by atoms with Gasteiger partial charge in [-0.25, -0.2) is 0 Å². The predicted molar refractivity (Wildman–Crippen MR) is 89.5 cm³/mol. The van der Waals surface area contributed by atoms with Gasteiger partial charge in [-0.3, -0.25) is 9.48 Å². The van der Waals surface area contributed by atoms with Crippen molar-refractivity contribution < 1.29 is 14.6 Å². The normalized spacial score (nSPS) is 21.0. The molecule has 1 saturated heterocycles. The Kier molecular flexibility index (Phi) is 4.97. The third kappa shape index (κ3) is 3.83. The van der Waals surface area contributed by atoms with Crippen molar-refractivity contribution in [3.63, 3.8) is 0 Å². The molecular weight excluding hydrogens is 306 g/mol. The van der Waals surface area contributed by atoms with Gasteiger partial charge >= 0.3 is 0 Å². The van der Waals surface area contributed by atoms with Crippen LogP contribution in [0.25, 0.3) is 0 Å². The SMILES string of the molecule is Cc1cnn(CC(=O)N2CCO[C@@](CO)(Cc3ccccc3)C2)c1. The molecule has 1 N–H and O–H groups in total. The number of rotatable bonds is 5. The zero-order valence-electron chi connectivity index (χ0n) is 13.9. The van der Waals surface area contributed by atoms with Gasteiger partial charge in [0.05, 0.1) is 26.0 Å². The van der Waals surface area contributed by atoms with E-state index in [1.165, 1.54) is 0 Å². The fourth-order valence-electron chi connectivity index (χ4n) is 3.08. The second kappa shape index (κ2) is 7.15. The number of morpholine rings is 1. The van der Waals surface area contributed by atoms with Crippen LogP contribution in [0.5, 0.6) is 0 Å². The molecule has 128 valence electrons. The Morgan fingerprint density at radius 1 is 1.38 bits per heavy atom. The summed E-state index contributed by atoms with van der Waals surface area (Å²) in [6.07, 6.45) is 4.16. The fraction of sp³-hybridized carbons (Fsp3) is 0.444. The van der Waals surface area contributed by atoms with E-state index in [0.717, 1.165) is 11.1 Å². The number of aliphatic hydroxyl groups is 1. The van der Waals surface area contributed by atoms with Crippen LogP contribution in [-0.4, -0.2) is 57.6 Å². The minimum absolute atomic E-state index is 0.00714. The Hall–Kier alpha value is -2.18. The number of amides is 1. The molecule has 0 unspecified atom stereocenters. The summed E-state index contributed by atoms with van der Waals surface area (Å²) in [7, 11) is 0. The summed E-state index contributed by atoms with van der Waals surface area (Å²) >= 11 is 0. The number of hydrogen-bond acceptors (Lipinski definition) is 4. The molecule has 6 heteroatoms. The first kappa shape index (κ1) is 16.7. The monoisotopic (exact) mass is 329 g/mol. The number of aliphatic hydroxyl groups excluding tert-OH is 1. The van der Waals surface area contributed by atoms with Crippen LogP contribution in [0.1, 0.15) is 11.1 Å². The lowest BCUT2D eigenvalue weighted by molar-refractivity contribution is -0.158. The lowest BCUT2D eigenvalue weighted by Crippen LogP contribution is -2.57. The van der Waals surface area contributed by atoms with Gasteiger partial charge in [0, 0.05) is 19.2 Å². The van der Waals surface area contributed by atoms with E-state index in [4.69, 9.17) is 4.74 Å². The Balaban J connectivity index is 1.68. The minimum Gasteiger partial charge on any atom is -0.393 e. The van der Waals surface area contributed by atoms with Crippen molar-refractivity contribution in [3.8, 4) is 0 Å². The number of aryl methyl sites for hydroxylation is 1. The summed E-state index contributed by atoms with van der Waals surface area (Å²) in [4.78, 5) is 14.3. The molecule has 0 bridgehead atoms. The Morgan fingerprint density at radius 3 is 2.83 bits per heavy atom. The molecule has 1 atom stereocenters. The molecule has 0 aliphatic carbocycles. The largest absolute Gasteiger partial charge is 0.393 e. The number of ether oxygens (including phenoxy) is 1. The van der Waals surface area contributed by atoms with Crippen LogP contribution in [0, 0.1) is 6.92 Å². The van der Waals surface area contributed by atoms with Crippen molar-refractivity contribution >= 4 is 5.91 Å². The first-order chi connectivity index (χ1) is 11.6. The molecule has 6 nitrogen and oxygen atoms in total. The molecule has 1 amide bonds. The highest BCUT2D eigenvalue weighted by Gasteiger charge is 2.38. The lowest BCUT2D eigenvalue weighted by atomic mass is 9.93. The van der Waals surface area contributed by atoms with Crippen molar-refractivity contribution in [1.82, 2.24) is 14.7 Å². The van der Waals surface area contributed by atoms with E-state index >= 15 is 0 Å². The fourth-order valence-corrected chi connectivity index (χ4v) is 3.08. The zero-order chi connectivity index (χ0) is 17.0. The predicted octanol–water partition coefficient (Wildman–Crippen LogP) is 1.02. The Bertz CT molecular complexity index is 686. The molecule has 1 aromatic heterocycles. The first-order valence-corrected chi connectivity index (χ1v) is 8.16. The van der Waals surface area contributed by atoms with Gasteiger partial charge in [0.2, 0.25) is 5.91 Å². The lowest BCUT2D eigenvalue weighted by Gasteiger charge is -2.42. The molecule has 1 aromatic carbocycles. The highest BCUT2D eigenvalue weighted by molar-refractivity contribution is 5.76. The molecule has 0 saturated carbocycles. The van der Waals surface area contributed by atoms with Crippen molar-refractivity contribution in [2.45, 2.75) is 25.5 Å². The van der Waals surface area contributed by atoms with Gasteiger partial charge in [-0.2, -0.15) is 5.10 Å². The third-order valence-corrected chi connectivity index (χ3v) is 4.32. The molecule has 24 heavy (non-hydrogen) atoms. The molecule has 3 rings (SSSR count). The van der Waals surface area contributed by atoms with E-state index in [1.54, 1.807) is 15.8 Å². The first-order valence-electron chi connectivity index (χ1n) is 8.16. The van der Waals surface area contributed by atoms with Crippen LogP contribution in [0.2, 0.25) is 0 Å². The second-order valence-corrected chi connectivity index (χ2v) is 6.38. The number of aromatic nitrogens is 2. The average molecular weight is 329 g/mol. The van der Waals surface area contributed by atoms with Crippen molar-refractivity contribution in [1.29, 1.82) is 0 Å². The van der Waals surface area contributed by atoms with Crippen molar-refractivity contribution in [3.05, 3.63) is 53.9 Å². The summed E-state index contributed by atoms with van der Waals surface area (Å²) in [5.41, 5.74) is 1.37. The van der Waals surface area contributed by atoms with E-state index < -0.39 is 5.60 Å². The zero-order valence-corrected chi connectivity index (χ0v) is 13.9. The second-order valence-electron chi connectivity index (χ2n) is 6.38. The molecule has 2 aromatic rings. The maximum atomic E-state index is 12.6.